The molecule has 0 radical (unpaired) electrons. The predicted octanol–water partition coefficient (Wildman–Crippen LogP) is 1.11. The van der Waals surface area contributed by atoms with Crippen LogP contribution in [-0.4, -0.2) is 38.8 Å². The lowest BCUT2D eigenvalue weighted by Crippen LogP contribution is -2.40. The Morgan fingerprint density at radius 3 is 3.06 bits per heavy atom. The first kappa shape index (κ1) is 11.6. The van der Waals surface area contributed by atoms with Gasteiger partial charge in [-0.15, -0.1) is 0 Å². The van der Waals surface area contributed by atoms with Crippen molar-refractivity contribution in [2.75, 3.05) is 13.1 Å². The number of aliphatic hydroxyl groups is 1. The molecule has 1 aliphatic heterocycles. The summed E-state index contributed by atoms with van der Waals surface area (Å²) in [5.74, 6) is 1.49. The van der Waals surface area contributed by atoms with Crippen molar-refractivity contribution < 1.29 is 5.11 Å². The second-order valence-corrected chi connectivity index (χ2v) is 4.72. The van der Waals surface area contributed by atoms with Crippen LogP contribution >= 0.6 is 0 Å². The summed E-state index contributed by atoms with van der Waals surface area (Å²) in [5.41, 5.74) is 0. The van der Waals surface area contributed by atoms with Crippen LogP contribution < -0.4 is 0 Å². The van der Waals surface area contributed by atoms with E-state index in [0.29, 0.717) is 5.92 Å². The Morgan fingerprint density at radius 1 is 1.50 bits per heavy atom. The number of hydrogen-bond donors (Lipinski definition) is 1. The van der Waals surface area contributed by atoms with E-state index in [1.807, 2.05) is 12.4 Å². The van der Waals surface area contributed by atoms with E-state index in [0.717, 1.165) is 38.4 Å². The number of hydrogen-bond acceptors (Lipinski definition) is 3. The standard InChI is InChI=1S/C12H21N3O/c1-3-10(2)11(16)8-14-6-7-15-5-4-13-12(15)9-14/h4-5,10-11,16H,3,6-9H2,1-2H3. The summed E-state index contributed by atoms with van der Waals surface area (Å²) >= 11 is 0. The van der Waals surface area contributed by atoms with Crippen molar-refractivity contribution in [3.63, 3.8) is 0 Å². The summed E-state index contributed by atoms with van der Waals surface area (Å²) < 4.78 is 2.19. The smallest absolute Gasteiger partial charge is 0.122 e. The first-order valence-corrected chi connectivity index (χ1v) is 6.11. The van der Waals surface area contributed by atoms with Gasteiger partial charge in [0.2, 0.25) is 0 Å². The van der Waals surface area contributed by atoms with Crippen LogP contribution in [0, 0.1) is 5.92 Å². The third-order valence-corrected chi connectivity index (χ3v) is 3.57. The van der Waals surface area contributed by atoms with Gasteiger partial charge in [-0.05, 0) is 5.92 Å². The lowest BCUT2D eigenvalue weighted by molar-refractivity contribution is 0.0575. The molecular weight excluding hydrogens is 202 g/mol. The summed E-state index contributed by atoms with van der Waals surface area (Å²) in [5, 5.41) is 10.00. The molecule has 0 aliphatic carbocycles. The molecule has 2 atom stereocenters. The average molecular weight is 223 g/mol. The van der Waals surface area contributed by atoms with Crippen molar-refractivity contribution in [2.45, 2.75) is 39.5 Å². The molecule has 1 aliphatic rings. The van der Waals surface area contributed by atoms with Gasteiger partial charge in [0.1, 0.15) is 5.82 Å². The van der Waals surface area contributed by atoms with Crippen molar-refractivity contribution in [1.29, 1.82) is 0 Å². The van der Waals surface area contributed by atoms with Crippen LogP contribution in [0.4, 0.5) is 0 Å². The maximum atomic E-state index is 10.00. The number of rotatable bonds is 4. The minimum absolute atomic E-state index is 0.216. The molecule has 0 bridgehead atoms. The summed E-state index contributed by atoms with van der Waals surface area (Å²) in [7, 11) is 0. The second kappa shape index (κ2) is 4.97. The molecule has 2 heterocycles. The Labute approximate surface area is 96.9 Å². The van der Waals surface area contributed by atoms with Crippen molar-refractivity contribution in [2.24, 2.45) is 5.92 Å². The largest absolute Gasteiger partial charge is 0.392 e. The maximum absolute atomic E-state index is 10.00. The third kappa shape index (κ3) is 2.44. The molecule has 1 aromatic heterocycles. The molecule has 90 valence electrons. The van der Waals surface area contributed by atoms with Crippen LogP contribution in [-0.2, 0) is 13.1 Å². The van der Waals surface area contributed by atoms with E-state index in [-0.39, 0.29) is 6.10 Å². The van der Waals surface area contributed by atoms with Crippen molar-refractivity contribution >= 4 is 0 Å². The van der Waals surface area contributed by atoms with Gasteiger partial charge in [0.25, 0.3) is 0 Å². The number of nitrogens with zero attached hydrogens (tertiary/aromatic N) is 3. The fourth-order valence-electron chi connectivity index (χ4n) is 2.10. The molecule has 1 N–H and O–H groups in total. The second-order valence-electron chi connectivity index (χ2n) is 4.72. The molecule has 0 amide bonds. The van der Waals surface area contributed by atoms with E-state index in [2.05, 4.69) is 28.3 Å². The zero-order valence-electron chi connectivity index (χ0n) is 10.1. The van der Waals surface area contributed by atoms with Gasteiger partial charge < -0.3 is 9.67 Å². The highest BCUT2D eigenvalue weighted by Crippen LogP contribution is 2.14. The van der Waals surface area contributed by atoms with Gasteiger partial charge in [-0.25, -0.2) is 4.98 Å². The van der Waals surface area contributed by atoms with E-state index in [4.69, 9.17) is 0 Å². The van der Waals surface area contributed by atoms with Crippen molar-refractivity contribution in [1.82, 2.24) is 14.5 Å². The van der Waals surface area contributed by atoms with Gasteiger partial charge >= 0.3 is 0 Å². The minimum atomic E-state index is -0.216. The van der Waals surface area contributed by atoms with E-state index in [1.165, 1.54) is 0 Å². The van der Waals surface area contributed by atoms with Gasteiger partial charge in [-0.1, -0.05) is 20.3 Å². The van der Waals surface area contributed by atoms with Crippen molar-refractivity contribution in [3.05, 3.63) is 18.2 Å². The lowest BCUT2D eigenvalue weighted by atomic mass is 10.0. The van der Waals surface area contributed by atoms with E-state index < -0.39 is 0 Å². The summed E-state index contributed by atoms with van der Waals surface area (Å²) in [6.45, 7) is 7.86. The molecule has 4 nitrogen and oxygen atoms in total. The van der Waals surface area contributed by atoms with Crippen LogP contribution in [0.3, 0.4) is 0 Å². The summed E-state index contributed by atoms with van der Waals surface area (Å²) in [6, 6.07) is 0. The lowest BCUT2D eigenvalue weighted by Gasteiger charge is -2.30. The Balaban J connectivity index is 1.89. The van der Waals surface area contributed by atoms with Crippen LogP contribution in [0.2, 0.25) is 0 Å². The Hall–Kier alpha value is -0.870. The highest BCUT2D eigenvalue weighted by molar-refractivity contribution is 4.95. The summed E-state index contributed by atoms with van der Waals surface area (Å²) in [6.07, 6.45) is 4.69. The Bertz CT molecular complexity index is 337. The first-order valence-electron chi connectivity index (χ1n) is 6.11. The minimum Gasteiger partial charge on any atom is -0.392 e. The van der Waals surface area contributed by atoms with Gasteiger partial charge in [0, 0.05) is 32.0 Å². The predicted molar refractivity (Wildman–Crippen MR) is 63.0 cm³/mol. The van der Waals surface area contributed by atoms with Crippen LogP contribution in [0.15, 0.2) is 12.4 Å². The monoisotopic (exact) mass is 223 g/mol. The van der Waals surface area contributed by atoms with Gasteiger partial charge in [-0.2, -0.15) is 0 Å². The molecule has 4 heteroatoms. The number of fused-ring (bicyclic) bond motifs is 1. The molecule has 2 rings (SSSR count). The zero-order chi connectivity index (χ0) is 11.5. The van der Waals surface area contributed by atoms with E-state index in [1.54, 1.807) is 0 Å². The van der Waals surface area contributed by atoms with Crippen LogP contribution in [0.25, 0.3) is 0 Å². The maximum Gasteiger partial charge on any atom is 0.122 e. The highest BCUT2D eigenvalue weighted by atomic mass is 16.3. The summed E-state index contributed by atoms with van der Waals surface area (Å²) in [4.78, 5) is 6.61. The van der Waals surface area contributed by atoms with Crippen molar-refractivity contribution in [3.8, 4) is 0 Å². The molecule has 0 aromatic carbocycles. The zero-order valence-corrected chi connectivity index (χ0v) is 10.1. The SMILES string of the molecule is CCC(C)C(O)CN1CCn2ccnc2C1. The van der Waals surface area contributed by atoms with E-state index >= 15 is 0 Å². The molecule has 2 unspecified atom stereocenters. The van der Waals surface area contributed by atoms with Crippen LogP contribution in [0.1, 0.15) is 26.1 Å². The molecule has 0 spiro atoms. The third-order valence-electron chi connectivity index (χ3n) is 3.57. The molecule has 0 saturated carbocycles. The normalized spacial score (nSPS) is 20.4. The number of β-amino-alcohol motifs (C(OH)–C–C–N with tert-alkyl or cyclic N) is 1. The number of imidazole rings is 1. The van der Waals surface area contributed by atoms with Gasteiger partial charge in [0.05, 0.1) is 12.6 Å². The molecule has 1 aromatic rings. The number of aromatic nitrogens is 2. The highest BCUT2D eigenvalue weighted by Gasteiger charge is 2.21. The first-order chi connectivity index (χ1) is 7.70. The van der Waals surface area contributed by atoms with Gasteiger partial charge in [0.15, 0.2) is 0 Å². The average Bonchev–Trinajstić information content (AvgIpc) is 2.75. The molecule has 16 heavy (non-hydrogen) atoms. The van der Waals surface area contributed by atoms with Gasteiger partial charge in [-0.3, -0.25) is 4.90 Å². The van der Waals surface area contributed by atoms with Crippen LogP contribution in [0.5, 0.6) is 0 Å². The fraction of sp³-hybridized carbons (Fsp3) is 0.750. The van der Waals surface area contributed by atoms with E-state index in [9.17, 15) is 5.11 Å². The quantitative estimate of drug-likeness (QED) is 0.831. The molecule has 0 fully saturated rings. The topological polar surface area (TPSA) is 41.3 Å². The number of aliphatic hydroxyl groups excluding tert-OH is 1. The Kier molecular flexibility index (Phi) is 3.61. The Morgan fingerprint density at radius 2 is 2.31 bits per heavy atom. The fourth-order valence-corrected chi connectivity index (χ4v) is 2.10. The molecule has 0 saturated heterocycles. The molecular formula is C12H21N3O.